The van der Waals surface area contributed by atoms with Gasteiger partial charge in [-0.25, -0.2) is 0 Å². The Bertz CT molecular complexity index is 347. The molecule has 1 fully saturated rings. The van der Waals surface area contributed by atoms with E-state index in [4.69, 9.17) is 0 Å². The summed E-state index contributed by atoms with van der Waals surface area (Å²) in [6.07, 6.45) is 2.88. The minimum Gasteiger partial charge on any atom is -0.481 e. The topological polar surface area (TPSA) is 69.6 Å². The molecule has 0 aromatic carbocycles. The van der Waals surface area contributed by atoms with Gasteiger partial charge in [-0.1, -0.05) is 13.3 Å². The molecule has 0 bridgehead atoms. The van der Waals surface area contributed by atoms with Crippen molar-refractivity contribution in [1.82, 2.24) is 10.2 Å². The van der Waals surface area contributed by atoms with E-state index in [1.54, 1.807) is 0 Å². The molecule has 0 aromatic rings. The fraction of sp³-hybridized carbons (Fsp3) is 0.867. The summed E-state index contributed by atoms with van der Waals surface area (Å²) in [5.41, 5.74) is -0.584. The maximum Gasteiger partial charge on any atom is 0.309 e. The lowest BCUT2D eigenvalue weighted by Gasteiger charge is -2.41. The zero-order valence-corrected chi connectivity index (χ0v) is 13.1. The van der Waals surface area contributed by atoms with E-state index < -0.39 is 11.4 Å². The number of hydrogen-bond donors (Lipinski definition) is 2. The largest absolute Gasteiger partial charge is 0.481 e. The number of nitrogens with one attached hydrogen (secondary N) is 1. The van der Waals surface area contributed by atoms with Gasteiger partial charge in [-0.15, -0.1) is 0 Å². The predicted molar refractivity (Wildman–Crippen MR) is 78.5 cm³/mol. The Morgan fingerprint density at radius 1 is 1.25 bits per heavy atom. The molecule has 1 heterocycles. The number of carboxylic acids is 1. The van der Waals surface area contributed by atoms with E-state index in [0.29, 0.717) is 25.9 Å². The standard InChI is InChI=1S/C15H28N2O3/c1-5-6-15(14(19)20)7-9-17(10-8-15)12(4)13(18)16-11(2)3/h11-12H,5-10H2,1-4H3,(H,16,18)(H,19,20). The van der Waals surface area contributed by atoms with Gasteiger partial charge >= 0.3 is 5.97 Å². The molecule has 1 atom stereocenters. The summed E-state index contributed by atoms with van der Waals surface area (Å²) < 4.78 is 0. The number of carbonyl (C=O) groups is 2. The molecule has 1 aliphatic rings. The second-order valence-electron chi connectivity index (χ2n) is 6.21. The Kier molecular flexibility index (Phi) is 5.99. The molecule has 116 valence electrons. The van der Waals surface area contributed by atoms with Crippen molar-refractivity contribution in [3.8, 4) is 0 Å². The molecule has 5 nitrogen and oxygen atoms in total. The molecule has 2 N–H and O–H groups in total. The van der Waals surface area contributed by atoms with Crippen LogP contribution in [0.1, 0.15) is 53.4 Å². The van der Waals surface area contributed by atoms with Crippen molar-refractivity contribution in [2.24, 2.45) is 5.41 Å². The van der Waals surface area contributed by atoms with E-state index in [1.807, 2.05) is 27.7 Å². The van der Waals surface area contributed by atoms with Crippen molar-refractivity contribution >= 4 is 11.9 Å². The number of likely N-dealkylation sites (tertiary alicyclic amines) is 1. The van der Waals surface area contributed by atoms with Gasteiger partial charge in [0.1, 0.15) is 0 Å². The summed E-state index contributed by atoms with van der Waals surface area (Å²) in [5, 5.41) is 12.4. The summed E-state index contributed by atoms with van der Waals surface area (Å²) in [6.45, 7) is 9.16. The van der Waals surface area contributed by atoms with Crippen LogP contribution in [0.15, 0.2) is 0 Å². The lowest BCUT2D eigenvalue weighted by Crippen LogP contribution is -2.52. The van der Waals surface area contributed by atoms with E-state index >= 15 is 0 Å². The van der Waals surface area contributed by atoms with Gasteiger partial charge in [-0.2, -0.15) is 0 Å². The van der Waals surface area contributed by atoms with Crippen molar-refractivity contribution in [1.29, 1.82) is 0 Å². The first kappa shape index (κ1) is 17.0. The summed E-state index contributed by atoms with van der Waals surface area (Å²) in [6, 6.07) is -0.0567. The number of rotatable bonds is 6. The third kappa shape index (κ3) is 3.95. The number of aliphatic carboxylic acids is 1. The first-order valence-electron chi connectivity index (χ1n) is 7.60. The highest BCUT2D eigenvalue weighted by Gasteiger charge is 2.41. The highest BCUT2D eigenvalue weighted by Crippen LogP contribution is 2.36. The van der Waals surface area contributed by atoms with E-state index in [2.05, 4.69) is 10.2 Å². The van der Waals surface area contributed by atoms with Crippen LogP contribution in [-0.2, 0) is 9.59 Å². The van der Waals surface area contributed by atoms with Gasteiger partial charge in [-0.3, -0.25) is 14.5 Å². The molecule has 0 spiro atoms. The van der Waals surface area contributed by atoms with Crippen LogP contribution in [0, 0.1) is 5.41 Å². The molecular formula is C15H28N2O3. The molecule has 5 heteroatoms. The van der Waals surface area contributed by atoms with E-state index in [1.165, 1.54) is 0 Å². The van der Waals surface area contributed by atoms with Gasteiger partial charge < -0.3 is 10.4 Å². The molecule has 1 saturated heterocycles. The zero-order valence-electron chi connectivity index (χ0n) is 13.1. The first-order valence-corrected chi connectivity index (χ1v) is 7.60. The summed E-state index contributed by atoms with van der Waals surface area (Å²) in [7, 11) is 0. The van der Waals surface area contributed by atoms with Crippen LogP contribution in [-0.4, -0.2) is 47.1 Å². The Hall–Kier alpha value is -1.10. The minimum absolute atomic E-state index is 0.0262. The number of nitrogens with zero attached hydrogens (tertiary/aromatic N) is 1. The molecule has 0 aromatic heterocycles. The van der Waals surface area contributed by atoms with Crippen molar-refractivity contribution in [2.45, 2.75) is 65.5 Å². The highest BCUT2D eigenvalue weighted by molar-refractivity contribution is 5.81. The summed E-state index contributed by atoms with van der Waals surface area (Å²) in [4.78, 5) is 25.6. The molecule has 1 amide bonds. The smallest absolute Gasteiger partial charge is 0.309 e. The molecule has 0 aliphatic carbocycles. The van der Waals surface area contributed by atoms with Crippen molar-refractivity contribution in [3.63, 3.8) is 0 Å². The molecule has 0 radical (unpaired) electrons. The first-order chi connectivity index (χ1) is 9.32. The second kappa shape index (κ2) is 7.07. The minimum atomic E-state index is -0.682. The normalized spacial score (nSPS) is 20.6. The lowest BCUT2D eigenvalue weighted by molar-refractivity contribution is -0.153. The van der Waals surface area contributed by atoms with Gasteiger partial charge in [0.15, 0.2) is 0 Å². The van der Waals surface area contributed by atoms with E-state index in [9.17, 15) is 14.7 Å². The van der Waals surface area contributed by atoms with Crippen LogP contribution < -0.4 is 5.32 Å². The van der Waals surface area contributed by atoms with Gasteiger partial charge in [0, 0.05) is 19.1 Å². The Morgan fingerprint density at radius 2 is 1.80 bits per heavy atom. The summed E-state index contributed by atoms with van der Waals surface area (Å²) in [5.74, 6) is -0.656. The average Bonchev–Trinajstić information content (AvgIpc) is 2.38. The van der Waals surface area contributed by atoms with Gasteiger partial charge in [0.2, 0.25) is 5.91 Å². The molecule has 0 saturated carbocycles. The van der Waals surface area contributed by atoms with Crippen molar-refractivity contribution in [2.75, 3.05) is 13.1 Å². The van der Waals surface area contributed by atoms with Crippen LogP contribution in [0.3, 0.4) is 0 Å². The van der Waals surface area contributed by atoms with Crippen LogP contribution in [0.4, 0.5) is 0 Å². The number of amides is 1. The van der Waals surface area contributed by atoms with Gasteiger partial charge in [0.05, 0.1) is 11.5 Å². The van der Waals surface area contributed by atoms with Crippen molar-refractivity contribution < 1.29 is 14.7 Å². The molecule has 20 heavy (non-hydrogen) atoms. The SMILES string of the molecule is CCCC1(C(=O)O)CCN(C(C)C(=O)NC(C)C)CC1. The molecule has 1 unspecified atom stereocenters. The molecule has 1 aliphatic heterocycles. The average molecular weight is 284 g/mol. The van der Waals surface area contributed by atoms with Gasteiger partial charge in [0.25, 0.3) is 0 Å². The summed E-state index contributed by atoms with van der Waals surface area (Å²) >= 11 is 0. The number of carboxylic acid groups (broad SMARTS) is 1. The van der Waals surface area contributed by atoms with Crippen LogP contribution >= 0.6 is 0 Å². The number of piperidine rings is 1. The maximum atomic E-state index is 12.0. The Labute approximate surface area is 121 Å². The quantitative estimate of drug-likeness (QED) is 0.781. The molecule has 1 rings (SSSR count). The van der Waals surface area contributed by atoms with E-state index in [0.717, 1.165) is 12.8 Å². The monoisotopic (exact) mass is 284 g/mol. The maximum absolute atomic E-state index is 12.0. The second-order valence-corrected chi connectivity index (χ2v) is 6.21. The van der Waals surface area contributed by atoms with Crippen LogP contribution in [0.5, 0.6) is 0 Å². The fourth-order valence-corrected chi connectivity index (χ4v) is 2.96. The van der Waals surface area contributed by atoms with Crippen LogP contribution in [0.2, 0.25) is 0 Å². The highest BCUT2D eigenvalue weighted by atomic mass is 16.4. The van der Waals surface area contributed by atoms with Crippen LogP contribution in [0.25, 0.3) is 0 Å². The number of carbonyl (C=O) groups excluding carboxylic acids is 1. The van der Waals surface area contributed by atoms with E-state index in [-0.39, 0.29) is 18.0 Å². The predicted octanol–water partition coefficient (Wildman–Crippen LogP) is 1.87. The zero-order chi connectivity index (χ0) is 15.3. The van der Waals surface area contributed by atoms with Crippen molar-refractivity contribution in [3.05, 3.63) is 0 Å². The molecular weight excluding hydrogens is 256 g/mol. The van der Waals surface area contributed by atoms with Gasteiger partial charge in [-0.05, 0) is 40.0 Å². The number of hydrogen-bond acceptors (Lipinski definition) is 3. The Balaban J connectivity index is 2.60. The third-order valence-corrected chi connectivity index (χ3v) is 4.30. The third-order valence-electron chi connectivity index (χ3n) is 4.30. The fourth-order valence-electron chi connectivity index (χ4n) is 2.96. The Morgan fingerprint density at radius 3 is 2.20 bits per heavy atom. The lowest BCUT2D eigenvalue weighted by atomic mass is 9.75.